The number of rotatable bonds is 7. The highest BCUT2D eigenvalue weighted by atomic mass is 16.4. The Balaban J connectivity index is 0.875. The molecule has 0 saturated carbocycles. The van der Waals surface area contributed by atoms with Gasteiger partial charge in [-0.2, -0.15) is 0 Å². The van der Waals surface area contributed by atoms with E-state index in [1.54, 1.807) is 0 Å². The van der Waals surface area contributed by atoms with Crippen LogP contribution < -0.4 is 4.90 Å². The Morgan fingerprint density at radius 1 is 0.356 bits per heavy atom. The molecule has 278 valence electrons. The topological polar surface area (TPSA) is 86.3 Å². The van der Waals surface area contributed by atoms with Crippen molar-refractivity contribution in [2.45, 2.75) is 0 Å². The summed E-state index contributed by atoms with van der Waals surface area (Å²) < 4.78 is 21.0. The zero-order chi connectivity index (χ0) is 38.9. The van der Waals surface area contributed by atoms with E-state index < -0.39 is 0 Å². The summed E-state index contributed by atoms with van der Waals surface area (Å²) in [5.74, 6) is 1.65. The maximum Gasteiger partial charge on any atom is 0.227 e. The zero-order valence-corrected chi connectivity index (χ0v) is 31.4. The van der Waals surface area contributed by atoms with Crippen LogP contribution >= 0.6 is 0 Å². The summed E-state index contributed by atoms with van der Waals surface area (Å²) in [6.07, 6.45) is 0. The molecule has 4 aromatic heterocycles. The van der Waals surface area contributed by atoms with Crippen LogP contribution in [0.5, 0.6) is 0 Å². The molecule has 8 aromatic carbocycles. The van der Waals surface area contributed by atoms with Crippen molar-refractivity contribution in [3.05, 3.63) is 188 Å². The van der Waals surface area contributed by atoms with E-state index in [4.69, 9.17) is 23.2 Å². The Morgan fingerprint density at radius 2 is 0.881 bits per heavy atom. The first-order chi connectivity index (χ1) is 29.2. The number of oxazole rings is 3. The van der Waals surface area contributed by atoms with Crippen molar-refractivity contribution in [1.82, 2.24) is 19.5 Å². The van der Waals surface area contributed by atoms with Gasteiger partial charge in [0.05, 0.1) is 11.0 Å². The minimum absolute atomic E-state index is 0.507. The molecule has 0 bridgehead atoms. The van der Waals surface area contributed by atoms with E-state index in [0.29, 0.717) is 28.8 Å². The average Bonchev–Trinajstić information content (AvgIpc) is 4.10. The van der Waals surface area contributed by atoms with Crippen molar-refractivity contribution in [2.75, 3.05) is 4.90 Å². The van der Waals surface area contributed by atoms with E-state index in [2.05, 4.69) is 118 Å². The van der Waals surface area contributed by atoms with Crippen molar-refractivity contribution in [2.24, 2.45) is 0 Å². The fraction of sp³-hybridized carbons (Fsp3) is 0. The standard InChI is InChI=1S/C51H31N5O3/c1-3-11-35(12-4-1)55(37-23-19-32(20-24-37)49-52-41-16-8-10-18-46(41)57-49)38-25-28-48-43(31-38)54-51(59-48)34-22-27-47-42(30-34)53-50(58-47)33-21-26-45-40(29-33)39-15-7-9-17-44(39)56(45)36-13-5-2-6-14-36/h1-31H. The molecule has 0 atom stereocenters. The van der Waals surface area contributed by atoms with E-state index in [1.165, 1.54) is 5.39 Å². The molecule has 12 aromatic rings. The van der Waals surface area contributed by atoms with Gasteiger partial charge in [0.15, 0.2) is 16.7 Å². The Hall–Kier alpha value is -8.23. The molecule has 0 aliphatic carbocycles. The summed E-state index contributed by atoms with van der Waals surface area (Å²) in [6, 6.07) is 63.6. The molecule has 4 heterocycles. The number of hydrogen-bond donors (Lipinski definition) is 0. The summed E-state index contributed by atoms with van der Waals surface area (Å²) in [4.78, 5) is 16.8. The fourth-order valence-corrected chi connectivity index (χ4v) is 8.10. The minimum Gasteiger partial charge on any atom is -0.436 e. The third-order valence-electron chi connectivity index (χ3n) is 10.9. The maximum atomic E-state index is 6.35. The summed E-state index contributed by atoms with van der Waals surface area (Å²) in [6.45, 7) is 0. The molecule has 0 N–H and O–H groups in total. The van der Waals surface area contributed by atoms with Gasteiger partial charge in [-0.3, -0.25) is 0 Å². The monoisotopic (exact) mass is 761 g/mol. The molecule has 0 aliphatic rings. The second kappa shape index (κ2) is 13.2. The third-order valence-corrected chi connectivity index (χ3v) is 10.9. The first kappa shape index (κ1) is 33.0. The first-order valence-corrected chi connectivity index (χ1v) is 19.4. The van der Waals surface area contributed by atoms with Gasteiger partial charge in [0.1, 0.15) is 16.6 Å². The highest BCUT2D eigenvalue weighted by Crippen LogP contribution is 2.39. The summed E-state index contributed by atoms with van der Waals surface area (Å²) in [7, 11) is 0. The van der Waals surface area contributed by atoms with Crippen molar-refractivity contribution < 1.29 is 13.3 Å². The van der Waals surface area contributed by atoms with Crippen LogP contribution in [0.25, 0.3) is 95.2 Å². The molecule has 0 saturated heterocycles. The van der Waals surface area contributed by atoms with Gasteiger partial charge in [0, 0.05) is 50.2 Å². The van der Waals surface area contributed by atoms with E-state index in [0.717, 1.165) is 78.0 Å². The van der Waals surface area contributed by atoms with Gasteiger partial charge in [-0.15, -0.1) is 0 Å². The lowest BCUT2D eigenvalue weighted by Crippen LogP contribution is -2.09. The Kier molecular flexibility index (Phi) is 7.36. The molecule has 0 unspecified atom stereocenters. The molecule has 8 heteroatoms. The highest BCUT2D eigenvalue weighted by Gasteiger charge is 2.19. The molecule has 0 spiro atoms. The van der Waals surface area contributed by atoms with E-state index in [9.17, 15) is 0 Å². The molecule has 0 aliphatic heterocycles. The van der Waals surface area contributed by atoms with E-state index in [-0.39, 0.29) is 0 Å². The zero-order valence-electron chi connectivity index (χ0n) is 31.4. The molecular weight excluding hydrogens is 731 g/mol. The second-order valence-corrected chi connectivity index (χ2v) is 14.5. The summed E-state index contributed by atoms with van der Waals surface area (Å²) in [5.41, 5.74) is 13.4. The number of nitrogens with zero attached hydrogens (tertiary/aromatic N) is 5. The smallest absolute Gasteiger partial charge is 0.227 e. The van der Waals surface area contributed by atoms with Crippen LogP contribution in [0.15, 0.2) is 201 Å². The SMILES string of the molecule is c1ccc(N(c2ccc(-c3nc4ccccc4o3)cc2)c2ccc3oc(-c4ccc5oc(-c6ccc7c(c6)c6ccccc6n7-c6ccccc6)nc5c4)nc3c2)cc1. The number of para-hydroxylation sites is 5. The maximum absolute atomic E-state index is 6.35. The fourth-order valence-electron chi connectivity index (χ4n) is 8.10. The molecule has 8 nitrogen and oxygen atoms in total. The number of hydrogen-bond acceptors (Lipinski definition) is 7. The van der Waals surface area contributed by atoms with Crippen LogP contribution in [0, 0.1) is 0 Å². The van der Waals surface area contributed by atoms with Crippen LogP contribution in [0.4, 0.5) is 17.1 Å². The normalized spacial score (nSPS) is 11.7. The first-order valence-electron chi connectivity index (χ1n) is 19.4. The predicted molar refractivity (Wildman–Crippen MR) is 234 cm³/mol. The van der Waals surface area contributed by atoms with Crippen molar-refractivity contribution in [3.63, 3.8) is 0 Å². The van der Waals surface area contributed by atoms with Crippen LogP contribution in [-0.2, 0) is 0 Å². The molecule has 0 amide bonds. The number of aromatic nitrogens is 4. The Labute approximate surface area is 336 Å². The van der Waals surface area contributed by atoms with Crippen LogP contribution in [0.2, 0.25) is 0 Å². The van der Waals surface area contributed by atoms with Gasteiger partial charge < -0.3 is 22.7 Å². The summed E-state index contributed by atoms with van der Waals surface area (Å²) >= 11 is 0. The van der Waals surface area contributed by atoms with Gasteiger partial charge >= 0.3 is 0 Å². The van der Waals surface area contributed by atoms with Crippen molar-refractivity contribution in [3.8, 4) is 40.0 Å². The molecule has 59 heavy (non-hydrogen) atoms. The minimum atomic E-state index is 0.507. The van der Waals surface area contributed by atoms with Crippen LogP contribution in [0.3, 0.4) is 0 Å². The van der Waals surface area contributed by atoms with E-state index in [1.807, 2.05) is 84.9 Å². The molecule has 12 rings (SSSR count). The molecule has 0 fully saturated rings. The highest BCUT2D eigenvalue weighted by molar-refractivity contribution is 6.10. The lowest BCUT2D eigenvalue weighted by Gasteiger charge is -2.25. The molecule has 0 radical (unpaired) electrons. The number of benzene rings is 8. The molecular formula is C51H31N5O3. The predicted octanol–water partition coefficient (Wildman–Crippen LogP) is 13.7. The largest absolute Gasteiger partial charge is 0.436 e. The lowest BCUT2D eigenvalue weighted by molar-refractivity contribution is 0.618. The Bertz CT molecular complexity index is 3480. The third kappa shape index (κ3) is 5.57. The quantitative estimate of drug-likeness (QED) is 0.160. The van der Waals surface area contributed by atoms with Crippen molar-refractivity contribution in [1.29, 1.82) is 0 Å². The van der Waals surface area contributed by atoms with Gasteiger partial charge in [0.2, 0.25) is 17.7 Å². The van der Waals surface area contributed by atoms with Crippen LogP contribution in [0.1, 0.15) is 0 Å². The average molecular weight is 762 g/mol. The second-order valence-electron chi connectivity index (χ2n) is 14.5. The van der Waals surface area contributed by atoms with Gasteiger partial charge in [-0.05, 0) is 121 Å². The Morgan fingerprint density at radius 3 is 1.66 bits per heavy atom. The lowest BCUT2D eigenvalue weighted by atomic mass is 10.1. The van der Waals surface area contributed by atoms with Gasteiger partial charge in [-0.25, -0.2) is 15.0 Å². The number of anilines is 3. The summed E-state index contributed by atoms with van der Waals surface area (Å²) in [5, 5.41) is 2.31. The van der Waals surface area contributed by atoms with Crippen molar-refractivity contribution >= 4 is 72.2 Å². The van der Waals surface area contributed by atoms with Gasteiger partial charge in [-0.1, -0.05) is 66.7 Å². The van der Waals surface area contributed by atoms with Gasteiger partial charge in [0.25, 0.3) is 0 Å². The number of fused-ring (bicyclic) bond motifs is 6. The van der Waals surface area contributed by atoms with E-state index >= 15 is 0 Å². The van der Waals surface area contributed by atoms with Crippen LogP contribution in [-0.4, -0.2) is 19.5 Å².